The van der Waals surface area contributed by atoms with Crippen molar-refractivity contribution < 1.29 is 4.74 Å². The van der Waals surface area contributed by atoms with Crippen molar-refractivity contribution in [3.8, 4) is 0 Å². The zero-order valence-electron chi connectivity index (χ0n) is 9.17. The molecule has 2 aliphatic heterocycles. The van der Waals surface area contributed by atoms with Gasteiger partial charge in [0, 0.05) is 19.1 Å². The minimum atomic E-state index is 0.671. The molecule has 0 amide bonds. The lowest BCUT2D eigenvalue weighted by Crippen LogP contribution is -2.47. The summed E-state index contributed by atoms with van der Waals surface area (Å²) in [6, 6.07) is 0.671. The van der Waals surface area contributed by atoms with E-state index in [4.69, 9.17) is 4.74 Å². The normalized spacial score (nSPS) is 34.9. The van der Waals surface area contributed by atoms with Crippen LogP contribution in [0.3, 0.4) is 0 Å². The molecule has 3 nitrogen and oxygen atoms in total. The van der Waals surface area contributed by atoms with Crippen LogP contribution in [0.2, 0.25) is 0 Å². The van der Waals surface area contributed by atoms with E-state index in [1.807, 2.05) is 0 Å². The Morgan fingerprint density at radius 1 is 1.50 bits per heavy atom. The third-order valence-corrected chi connectivity index (χ3v) is 3.48. The Labute approximate surface area is 86.8 Å². The third-order valence-electron chi connectivity index (χ3n) is 3.48. The maximum absolute atomic E-state index is 5.51. The summed E-state index contributed by atoms with van der Waals surface area (Å²) < 4.78 is 5.51. The lowest BCUT2D eigenvalue weighted by molar-refractivity contribution is -0.0143. The van der Waals surface area contributed by atoms with Gasteiger partial charge < -0.3 is 10.1 Å². The van der Waals surface area contributed by atoms with Crippen LogP contribution in [0.25, 0.3) is 0 Å². The molecule has 0 aromatic rings. The van der Waals surface area contributed by atoms with Crippen LogP contribution in [0.1, 0.15) is 19.8 Å². The number of nitrogens with one attached hydrogen (secondary N) is 1. The van der Waals surface area contributed by atoms with Crippen molar-refractivity contribution in [2.24, 2.45) is 5.92 Å². The molecule has 0 radical (unpaired) electrons. The highest BCUT2D eigenvalue weighted by Crippen LogP contribution is 2.16. The molecule has 2 atom stereocenters. The quantitative estimate of drug-likeness (QED) is 0.723. The third kappa shape index (κ3) is 2.47. The Morgan fingerprint density at radius 2 is 2.43 bits per heavy atom. The summed E-state index contributed by atoms with van der Waals surface area (Å²) in [5.41, 5.74) is 0. The summed E-state index contributed by atoms with van der Waals surface area (Å²) in [5.74, 6) is 0.877. The first kappa shape index (κ1) is 10.4. The Kier molecular flexibility index (Phi) is 3.79. The molecule has 1 unspecified atom stereocenters. The van der Waals surface area contributed by atoms with E-state index in [1.165, 1.54) is 32.5 Å². The monoisotopic (exact) mass is 198 g/mol. The summed E-state index contributed by atoms with van der Waals surface area (Å²) in [7, 11) is 0. The molecule has 0 bridgehead atoms. The molecule has 0 aliphatic carbocycles. The smallest absolute Gasteiger partial charge is 0.0622 e. The van der Waals surface area contributed by atoms with E-state index in [9.17, 15) is 0 Å². The Balaban J connectivity index is 1.81. The van der Waals surface area contributed by atoms with Crippen molar-refractivity contribution in [2.75, 3.05) is 39.4 Å². The van der Waals surface area contributed by atoms with Crippen LogP contribution in [0, 0.1) is 5.92 Å². The van der Waals surface area contributed by atoms with Gasteiger partial charge >= 0.3 is 0 Å². The molecular weight excluding hydrogens is 176 g/mol. The van der Waals surface area contributed by atoms with Crippen molar-refractivity contribution in [1.29, 1.82) is 0 Å². The maximum atomic E-state index is 5.51. The van der Waals surface area contributed by atoms with Crippen molar-refractivity contribution >= 4 is 0 Å². The van der Waals surface area contributed by atoms with Crippen LogP contribution in [-0.4, -0.2) is 50.3 Å². The average molecular weight is 198 g/mol. The van der Waals surface area contributed by atoms with Crippen LogP contribution in [0.5, 0.6) is 0 Å². The number of ether oxygens (including phenoxy) is 1. The lowest BCUT2D eigenvalue weighted by Gasteiger charge is -2.36. The van der Waals surface area contributed by atoms with Crippen LogP contribution in [-0.2, 0) is 4.74 Å². The van der Waals surface area contributed by atoms with Gasteiger partial charge in [-0.3, -0.25) is 4.90 Å². The predicted octanol–water partition coefficient (Wildman–Crippen LogP) is 0.707. The van der Waals surface area contributed by atoms with Crippen molar-refractivity contribution in [1.82, 2.24) is 10.2 Å². The average Bonchev–Trinajstić information content (AvgIpc) is 2.71. The first-order valence-electron chi connectivity index (χ1n) is 5.92. The molecular formula is C11H22N2O. The highest BCUT2D eigenvalue weighted by Gasteiger charge is 2.25. The van der Waals surface area contributed by atoms with Gasteiger partial charge in [-0.15, -0.1) is 0 Å². The van der Waals surface area contributed by atoms with Crippen molar-refractivity contribution in [3.05, 3.63) is 0 Å². The molecule has 2 saturated heterocycles. The topological polar surface area (TPSA) is 24.5 Å². The molecule has 0 aromatic carbocycles. The summed E-state index contributed by atoms with van der Waals surface area (Å²) in [4.78, 5) is 2.63. The van der Waals surface area contributed by atoms with E-state index in [1.54, 1.807) is 0 Å². The van der Waals surface area contributed by atoms with Crippen molar-refractivity contribution in [2.45, 2.75) is 25.8 Å². The zero-order chi connectivity index (χ0) is 9.80. The molecule has 2 heterocycles. The van der Waals surface area contributed by atoms with Crippen LogP contribution >= 0.6 is 0 Å². The number of rotatable bonds is 3. The van der Waals surface area contributed by atoms with E-state index < -0.39 is 0 Å². The SMILES string of the molecule is CCC1COCCN1C[C@H]1CCNC1. The fourth-order valence-electron chi connectivity index (χ4n) is 2.51. The molecule has 2 rings (SSSR count). The Bertz CT molecular complexity index is 169. The predicted molar refractivity (Wildman–Crippen MR) is 57.4 cm³/mol. The van der Waals surface area contributed by atoms with Gasteiger partial charge in [-0.2, -0.15) is 0 Å². The first-order chi connectivity index (χ1) is 6.90. The minimum absolute atomic E-state index is 0.671. The van der Waals surface area contributed by atoms with Gasteiger partial charge in [-0.1, -0.05) is 6.92 Å². The van der Waals surface area contributed by atoms with E-state index in [-0.39, 0.29) is 0 Å². The van der Waals surface area contributed by atoms with Gasteiger partial charge in [0.15, 0.2) is 0 Å². The van der Waals surface area contributed by atoms with Gasteiger partial charge in [0.2, 0.25) is 0 Å². The number of nitrogens with zero attached hydrogens (tertiary/aromatic N) is 1. The lowest BCUT2D eigenvalue weighted by atomic mass is 10.1. The molecule has 3 heteroatoms. The molecule has 1 N–H and O–H groups in total. The van der Waals surface area contributed by atoms with Crippen molar-refractivity contribution in [3.63, 3.8) is 0 Å². The molecule has 0 saturated carbocycles. The Hall–Kier alpha value is -0.120. The minimum Gasteiger partial charge on any atom is -0.378 e. The van der Waals surface area contributed by atoms with E-state index >= 15 is 0 Å². The fourth-order valence-corrected chi connectivity index (χ4v) is 2.51. The highest BCUT2D eigenvalue weighted by molar-refractivity contribution is 4.80. The summed E-state index contributed by atoms with van der Waals surface area (Å²) in [5, 5.41) is 3.44. The fraction of sp³-hybridized carbons (Fsp3) is 1.00. The standard InChI is InChI=1S/C11H22N2O/c1-2-11-9-14-6-5-13(11)8-10-3-4-12-7-10/h10-12H,2-9H2,1H3/t10-,11?/m0/s1. The van der Waals surface area contributed by atoms with Gasteiger partial charge in [-0.05, 0) is 31.8 Å². The second kappa shape index (κ2) is 5.10. The Morgan fingerprint density at radius 3 is 3.14 bits per heavy atom. The molecule has 14 heavy (non-hydrogen) atoms. The summed E-state index contributed by atoms with van der Waals surface area (Å²) >= 11 is 0. The second-order valence-electron chi connectivity index (χ2n) is 4.49. The van der Waals surface area contributed by atoms with E-state index in [0.29, 0.717) is 6.04 Å². The van der Waals surface area contributed by atoms with Gasteiger partial charge in [0.25, 0.3) is 0 Å². The second-order valence-corrected chi connectivity index (χ2v) is 4.49. The summed E-state index contributed by atoms with van der Waals surface area (Å²) in [6.07, 6.45) is 2.58. The largest absolute Gasteiger partial charge is 0.378 e. The van der Waals surface area contributed by atoms with Gasteiger partial charge in [0.05, 0.1) is 13.2 Å². The molecule has 0 spiro atoms. The first-order valence-corrected chi connectivity index (χ1v) is 5.92. The van der Waals surface area contributed by atoms with Crippen LogP contribution in [0.15, 0.2) is 0 Å². The summed E-state index contributed by atoms with van der Waals surface area (Å²) in [6.45, 7) is 8.97. The zero-order valence-corrected chi connectivity index (χ0v) is 9.17. The molecule has 82 valence electrons. The van der Waals surface area contributed by atoms with Gasteiger partial charge in [-0.25, -0.2) is 0 Å². The molecule has 2 aliphatic rings. The number of hydrogen-bond acceptors (Lipinski definition) is 3. The van der Waals surface area contributed by atoms with Crippen LogP contribution < -0.4 is 5.32 Å². The number of hydrogen-bond donors (Lipinski definition) is 1. The van der Waals surface area contributed by atoms with E-state index in [2.05, 4.69) is 17.1 Å². The number of morpholine rings is 1. The van der Waals surface area contributed by atoms with Crippen LogP contribution in [0.4, 0.5) is 0 Å². The van der Waals surface area contributed by atoms with E-state index in [0.717, 1.165) is 25.7 Å². The highest BCUT2D eigenvalue weighted by atomic mass is 16.5. The van der Waals surface area contributed by atoms with Gasteiger partial charge in [0.1, 0.15) is 0 Å². The molecule has 2 fully saturated rings. The maximum Gasteiger partial charge on any atom is 0.0622 e. The molecule has 0 aromatic heterocycles.